The van der Waals surface area contributed by atoms with Gasteiger partial charge in [0, 0.05) is 23.6 Å². The lowest BCUT2D eigenvalue weighted by molar-refractivity contribution is -0.116. The molecule has 2 aromatic carbocycles. The highest BCUT2D eigenvalue weighted by atomic mass is 35.5. The Hall–Kier alpha value is -2.27. The maximum absolute atomic E-state index is 14.0. The lowest BCUT2D eigenvalue weighted by Gasteiger charge is -2.12. The summed E-state index contributed by atoms with van der Waals surface area (Å²) in [6, 6.07) is 9.84. The van der Waals surface area contributed by atoms with Crippen LogP contribution in [0.1, 0.15) is 12.0 Å². The van der Waals surface area contributed by atoms with Crippen LogP contribution in [0, 0.1) is 5.82 Å². The third-order valence-corrected chi connectivity index (χ3v) is 3.51. The largest absolute Gasteiger partial charge is 0.493 e. The number of benzene rings is 2. The van der Waals surface area contributed by atoms with E-state index in [0.717, 1.165) is 5.56 Å². The van der Waals surface area contributed by atoms with Crippen molar-refractivity contribution in [1.82, 2.24) is 0 Å². The van der Waals surface area contributed by atoms with E-state index in [-0.39, 0.29) is 23.8 Å². The number of ether oxygens (including phenoxy) is 2. The fourth-order valence-corrected chi connectivity index (χ4v) is 2.33. The SMILES string of the molecule is COc1cc(F)c(NC(=O)CCc2cccc(Cl)c2)cc1OC. The van der Waals surface area contributed by atoms with Gasteiger partial charge in [-0.15, -0.1) is 0 Å². The highest BCUT2D eigenvalue weighted by Crippen LogP contribution is 2.32. The Balaban J connectivity index is 2.02. The minimum absolute atomic E-state index is 0.0544. The Morgan fingerprint density at radius 1 is 1.17 bits per heavy atom. The zero-order valence-corrected chi connectivity index (χ0v) is 13.6. The molecule has 0 unspecified atom stereocenters. The Labute approximate surface area is 139 Å². The highest BCUT2D eigenvalue weighted by Gasteiger charge is 2.13. The van der Waals surface area contributed by atoms with Crippen LogP contribution in [0.25, 0.3) is 0 Å². The monoisotopic (exact) mass is 337 g/mol. The summed E-state index contributed by atoms with van der Waals surface area (Å²) < 4.78 is 24.1. The molecule has 0 saturated carbocycles. The highest BCUT2D eigenvalue weighted by molar-refractivity contribution is 6.30. The molecule has 0 aromatic heterocycles. The molecule has 0 aliphatic carbocycles. The topological polar surface area (TPSA) is 47.6 Å². The van der Waals surface area contributed by atoms with E-state index in [0.29, 0.717) is 17.2 Å². The van der Waals surface area contributed by atoms with Gasteiger partial charge in [0.15, 0.2) is 17.3 Å². The third kappa shape index (κ3) is 4.60. The number of amides is 1. The van der Waals surface area contributed by atoms with Crippen molar-refractivity contribution in [2.45, 2.75) is 12.8 Å². The van der Waals surface area contributed by atoms with Crippen LogP contribution in [0.3, 0.4) is 0 Å². The van der Waals surface area contributed by atoms with Gasteiger partial charge in [-0.25, -0.2) is 4.39 Å². The summed E-state index contributed by atoms with van der Waals surface area (Å²) >= 11 is 5.90. The molecule has 1 N–H and O–H groups in total. The van der Waals surface area contributed by atoms with E-state index in [1.807, 2.05) is 12.1 Å². The molecule has 0 bridgehead atoms. The van der Waals surface area contributed by atoms with Crippen LogP contribution in [0.4, 0.5) is 10.1 Å². The molecule has 122 valence electrons. The molecule has 0 radical (unpaired) electrons. The molecule has 6 heteroatoms. The van der Waals surface area contributed by atoms with Gasteiger partial charge in [0.1, 0.15) is 0 Å². The van der Waals surface area contributed by atoms with Crippen molar-refractivity contribution < 1.29 is 18.7 Å². The van der Waals surface area contributed by atoms with Gasteiger partial charge in [0.05, 0.1) is 19.9 Å². The van der Waals surface area contributed by atoms with Crippen LogP contribution >= 0.6 is 11.6 Å². The van der Waals surface area contributed by atoms with E-state index in [2.05, 4.69) is 5.32 Å². The van der Waals surface area contributed by atoms with Crippen LogP contribution < -0.4 is 14.8 Å². The second-order valence-corrected chi connectivity index (χ2v) is 5.30. The number of carbonyl (C=O) groups excluding carboxylic acids is 1. The molecular formula is C17H17ClFNO3. The van der Waals surface area contributed by atoms with Gasteiger partial charge < -0.3 is 14.8 Å². The third-order valence-electron chi connectivity index (χ3n) is 3.28. The predicted molar refractivity (Wildman–Crippen MR) is 87.9 cm³/mol. The molecule has 0 saturated heterocycles. The van der Waals surface area contributed by atoms with Crippen molar-refractivity contribution in [3.63, 3.8) is 0 Å². The lowest BCUT2D eigenvalue weighted by atomic mass is 10.1. The zero-order chi connectivity index (χ0) is 16.8. The number of rotatable bonds is 6. The van der Waals surface area contributed by atoms with Crippen LogP contribution in [-0.4, -0.2) is 20.1 Å². The molecule has 0 heterocycles. The normalized spacial score (nSPS) is 10.3. The average molecular weight is 338 g/mol. The van der Waals surface area contributed by atoms with E-state index in [1.165, 1.54) is 26.4 Å². The number of methoxy groups -OCH3 is 2. The van der Waals surface area contributed by atoms with E-state index in [4.69, 9.17) is 21.1 Å². The van der Waals surface area contributed by atoms with E-state index in [1.54, 1.807) is 12.1 Å². The zero-order valence-electron chi connectivity index (χ0n) is 12.9. The average Bonchev–Trinajstić information content (AvgIpc) is 2.54. The Kier molecular flexibility index (Phi) is 5.82. The first-order chi connectivity index (χ1) is 11.0. The minimum atomic E-state index is -0.584. The maximum atomic E-state index is 14.0. The summed E-state index contributed by atoms with van der Waals surface area (Å²) in [5.74, 6) is -0.268. The summed E-state index contributed by atoms with van der Waals surface area (Å²) in [6.07, 6.45) is 0.732. The molecule has 2 aromatic rings. The molecule has 0 aliphatic heterocycles. The molecule has 0 spiro atoms. The number of nitrogens with one attached hydrogen (secondary N) is 1. The van der Waals surface area contributed by atoms with E-state index >= 15 is 0 Å². The first-order valence-corrected chi connectivity index (χ1v) is 7.37. The summed E-state index contributed by atoms with van der Waals surface area (Å²) in [4.78, 5) is 12.0. The standard InChI is InChI=1S/C17H17ClFNO3/c1-22-15-9-13(19)14(10-16(15)23-2)20-17(21)7-6-11-4-3-5-12(18)8-11/h3-5,8-10H,6-7H2,1-2H3,(H,20,21). The molecule has 4 nitrogen and oxygen atoms in total. The smallest absolute Gasteiger partial charge is 0.224 e. The van der Waals surface area contributed by atoms with Gasteiger partial charge in [0.2, 0.25) is 5.91 Å². The molecule has 0 aliphatic rings. The second-order valence-electron chi connectivity index (χ2n) is 4.87. The summed E-state index contributed by atoms with van der Waals surface area (Å²) in [5.41, 5.74) is 0.999. The number of halogens is 2. The van der Waals surface area contributed by atoms with Gasteiger partial charge in [-0.1, -0.05) is 23.7 Å². The number of hydrogen-bond donors (Lipinski definition) is 1. The quantitative estimate of drug-likeness (QED) is 0.864. The Morgan fingerprint density at radius 2 is 1.87 bits per heavy atom. The van der Waals surface area contributed by atoms with Crippen molar-refractivity contribution in [2.75, 3.05) is 19.5 Å². The molecule has 2 rings (SSSR count). The Bertz CT molecular complexity index is 706. The Morgan fingerprint density at radius 3 is 2.52 bits per heavy atom. The van der Waals surface area contributed by atoms with Gasteiger partial charge >= 0.3 is 0 Å². The second kappa shape index (κ2) is 7.83. The fraction of sp³-hybridized carbons (Fsp3) is 0.235. The summed E-state index contributed by atoms with van der Waals surface area (Å²) in [5, 5.41) is 3.16. The van der Waals surface area contributed by atoms with Crippen LogP contribution in [-0.2, 0) is 11.2 Å². The van der Waals surface area contributed by atoms with Crippen molar-refractivity contribution >= 4 is 23.2 Å². The first kappa shape index (κ1) is 17.1. The van der Waals surface area contributed by atoms with Gasteiger partial charge in [0.25, 0.3) is 0 Å². The van der Waals surface area contributed by atoms with Crippen LogP contribution in [0.15, 0.2) is 36.4 Å². The number of anilines is 1. The van der Waals surface area contributed by atoms with Gasteiger partial charge in [-0.05, 0) is 24.1 Å². The number of hydrogen-bond acceptors (Lipinski definition) is 3. The van der Waals surface area contributed by atoms with Gasteiger partial charge in [-0.3, -0.25) is 4.79 Å². The lowest BCUT2D eigenvalue weighted by Crippen LogP contribution is -2.13. The van der Waals surface area contributed by atoms with Crippen molar-refractivity contribution in [2.24, 2.45) is 0 Å². The first-order valence-electron chi connectivity index (χ1n) is 6.99. The molecule has 23 heavy (non-hydrogen) atoms. The van der Waals surface area contributed by atoms with Crippen LogP contribution in [0.2, 0.25) is 5.02 Å². The van der Waals surface area contributed by atoms with Crippen molar-refractivity contribution in [1.29, 1.82) is 0 Å². The number of carbonyl (C=O) groups is 1. The molecule has 0 fully saturated rings. The fourth-order valence-electron chi connectivity index (χ4n) is 2.11. The predicted octanol–water partition coefficient (Wildman–Crippen LogP) is 4.07. The van der Waals surface area contributed by atoms with Gasteiger partial charge in [-0.2, -0.15) is 0 Å². The molecular weight excluding hydrogens is 321 g/mol. The van der Waals surface area contributed by atoms with Crippen LogP contribution in [0.5, 0.6) is 11.5 Å². The maximum Gasteiger partial charge on any atom is 0.224 e. The van der Waals surface area contributed by atoms with E-state index < -0.39 is 5.82 Å². The van der Waals surface area contributed by atoms with Crippen molar-refractivity contribution in [3.8, 4) is 11.5 Å². The minimum Gasteiger partial charge on any atom is -0.493 e. The number of aryl methyl sites for hydroxylation is 1. The summed E-state index contributed by atoms with van der Waals surface area (Å²) in [7, 11) is 2.86. The van der Waals surface area contributed by atoms with E-state index in [9.17, 15) is 9.18 Å². The van der Waals surface area contributed by atoms with Crippen molar-refractivity contribution in [3.05, 3.63) is 52.8 Å². The molecule has 0 atom stereocenters. The molecule has 1 amide bonds. The summed E-state index contributed by atoms with van der Waals surface area (Å²) in [6.45, 7) is 0.